The van der Waals surface area contributed by atoms with Gasteiger partial charge in [0, 0.05) is 17.8 Å². The number of pyridine rings is 1. The number of anilines is 1. The SMILES string of the molecule is FC(F)(F)c1ccc(N2CCCC2c2nc3ccc(Cl)cc3[nH]2)nc1. The number of imidazole rings is 1. The Morgan fingerprint density at radius 2 is 2.04 bits per heavy atom. The van der Waals surface area contributed by atoms with E-state index >= 15 is 0 Å². The van der Waals surface area contributed by atoms with Crippen LogP contribution in [0.4, 0.5) is 19.0 Å². The number of alkyl halides is 3. The van der Waals surface area contributed by atoms with Gasteiger partial charge in [-0.1, -0.05) is 11.6 Å². The summed E-state index contributed by atoms with van der Waals surface area (Å²) in [5.74, 6) is 1.30. The average Bonchev–Trinajstić information content (AvgIpc) is 3.20. The molecule has 8 heteroatoms. The molecule has 25 heavy (non-hydrogen) atoms. The number of H-pyrrole nitrogens is 1. The highest BCUT2D eigenvalue weighted by molar-refractivity contribution is 6.31. The lowest BCUT2D eigenvalue weighted by Gasteiger charge is -2.24. The van der Waals surface area contributed by atoms with Crippen LogP contribution in [-0.4, -0.2) is 21.5 Å². The Hall–Kier alpha value is -2.28. The highest BCUT2D eigenvalue weighted by Gasteiger charge is 2.33. The zero-order chi connectivity index (χ0) is 17.6. The summed E-state index contributed by atoms with van der Waals surface area (Å²) < 4.78 is 38.1. The quantitative estimate of drug-likeness (QED) is 0.696. The molecule has 4 nitrogen and oxygen atoms in total. The van der Waals surface area contributed by atoms with Crippen LogP contribution in [0.3, 0.4) is 0 Å². The van der Waals surface area contributed by atoms with E-state index < -0.39 is 11.7 Å². The normalized spacial score (nSPS) is 18.2. The van der Waals surface area contributed by atoms with E-state index in [0.29, 0.717) is 10.8 Å². The van der Waals surface area contributed by atoms with Gasteiger partial charge in [0.1, 0.15) is 11.6 Å². The molecule has 1 saturated heterocycles. The standard InChI is InChI=1S/C17H14ClF3N4/c18-11-4-5-12-13(8-11)24-16(23-12)14-2-1-7-25(14)15-6-3-10(9-22-15)17(19,20)21/h3-6,8-9,14H,1-2,7H2,(H,23,24). The van der Waals surface area contributed by atoms with Crippen molar-refractivity contribution in [1.82, 2.24) is 15.0 Å². The Morgan fingerprint density at radius 1 is 1.20 bits per heavy atom. The molecule has 3 heterocycles. The smallest absolute Gasteiger partial charge is 0.346 e. The van der Waals surface area contributed by atoms with Crippen LogP contribution in [0.5, 0.6) is 0 Å². The summed E-state index contributed by atoms with van der Waals surface area (Å²) in [4.78, 5) is 13.9. The topological polar surface area (TPSA) is 44.8 Å². The first-order valence-corrected chi connectivity index (χ1v) is 8.25. The van der Waals surface area contributed by atoms with Gasteiger partial charge in [-0.3, -0.25) is 0 Å². The van der Waals surface area contributed by atoms with Crippen molar-refractivity contribution in [2.45, 2.75) is 25.1 Å². The van der Waals surface area contributed by atoms with E-state index in [1.807, 2.05) is 17.0 Å². The molecule has 1 aliphatic rings. The molecule has 1 aromatic carbocycles. The van der Waals surface area contributed by atoms with Gasteiger partial charge in [0.25, 0.3) is 0 Å². The third kappa shape index (κ3) is 3.04. The second-order valence-electron chi connectivity index (χ2n) is 6.04. The molecule has 1 N–H and O–H groups in total. The number of nitrogens with zero attached hydrogens (tertiary/aromatic N) is 3. The number of rotatable bonds is 2. The Labute approximate surface area is 146 Å². The first-order valence-electron chi connectivity index (χ1n) is 7.87. The summed E-state index contributed by atoms with van der Waals surface area (Å²) in [5, 5.41) is 0.621. The number of fused-ring (bicyclic) bond motifs is 1. The van der Waals surface area contributed by atoms with Crippen LogP contribution in [0.25, 0.3) is 11.0 Å². The second-order valence-corrected chi connectivity index (χ2v) is 6.47. The van der Waals surface area contributed by atoms with E-state index in [4.69, 9.17) is 11.6 Å². The lowest BCUT2D eigenvalue weighted by atomic mass is 10.2. The van der Waals surface area contributed by atoms with Crippen molar-refractivity contribution in [2.75, 3.05) is 11.4 Å². The van der Waals surface area contributed by atoms with Gasteiger partial charge in [-0.2, -0.15) is 13.2 Å². The van der Waals surface area contributed by atoms with Crippen molar-refractivity contribution in [3.05, 3.63) is 52.9 Å². The molecule has 1 aliphatic heterocycles. The Balaban J connectivity index is 1.65. The fraction of sp³-hybridized carbons (Fsp3) is 0.294. The largest absolute Gasteiger partial charge is 0.417 e. The molecule has 130 valence electrons. The van der Waals surface area contributed by atoms with Gasteiger partial charge in [-0.05, 0) is 43.2 Å². The lowest BCUT2D eigenvalue weighted by Crippen LogP contribution is -2.24. The molecule has 0 saturated carbocycles. The number of benzene rings is 1. The first kappa shape index (κ1) is 16.2. The summed E-state index contributed by atoms with van der Waals surface area (Å²) in [5.41, 5.74) is 0.909. The predicted molar refractivity (Wildman–Crippen MR) is 89.7 cm³/mol. The highest BCUT2D eigenvalue weighted by Crippen LogP contribution is 2.36. The van der Waals surface area contributed by atoms with Crippen LogP contribution < -0.4 is 4.90 Å². The summed E-state index contributed by atoms with van der Waals surface area (Å²) in [6.45, 7) is 0.723. The second kappa shape index (κ2) is 5.91. The fourth-order valence-electron chi connectivity index (χ4n) is 3.21. The molecule has 1 fully saturated rings. The van der Waals surface area contributed by atoms with Crippen molar-refractivity contribution in [3.8, 4) is 0 Å². The fourth-order valence-corrected chi connectivity index (χ4v) is 3.38. The monoisotopic (exact) mass is 366 g/mol. The maximum absolute atomic E-state index is 12.7. The van der Waals surface area contributed by atoms with Crippen LogP contribution in [0.1, 0.15) is 30.3 Å². The van der Waals surface area contributed by atoms with Crippen LogP contribution in [-0.2, 0) is 6.18 Å². The number of nitrogens with one attached hydrogen (secondary N) is 1. The number of aromatic nitrogens is 3. The Kier molecular flexibility index (Phi) is 3.83. The third-order valence-corrected chi connectivity index (χ3v) is 4.64. The lowest BCUT2D eigenvalue weighted by molar-refractivity contribution is -0.137. The number of hydrogen-bond acceptors (Lipinski definition) is 3. The summed E-state index contributed by atoms with van der Waals surface area (Å²) in [6, 6.07) is 7.86. The van der Waals surface area contributed by atoms with Gasteiger partial charge >= 0.3 is 6.18 Å². The third-order valence-electron chi connectivity index (χ3n) is 4.40. The highest BCUT2D eigenvalue weighted by atomic mass is 35.5. The zero-order valence-corrected chi connectivity index (χ0v) is 13.8. The van der Waals surface area contributed by atoms with Crippen LogP contribution >= 0.6 is 11.6 Å². The number of hydrogen-bond donors (Lipinski definition) is 1. The van der Waals surface area contributed by atoms with E-state index in [1.165, 1.54) is 6.07 Å². The van der Waals surface area contributed by atoms with Gasteiger partial charge in [0.05, 0.1) is 22.6 Å². The summed E-state index contributed by atoms with van der Waals surface area (Å²) in [7, 11) is 0. The van der Waals surface area contributed by atoms with Gasteiger partial charge < -0.3 is 9.88 Å². The maximum atomic E-state index is 12.7. The average molecular weight is 367 g/mol. The van der Waals surface area contributed by atoms with Crippen LogP contribution in [0, 0.1) is 0 Å². The van der Waals surface area contributed by atoms with Crippen molar-refractivity contribution in [3.63, 3.8) is 0 Å². The van der Waals surface area contributed by atoms with E-state index in [0.717, 1.165) is 48.5 Å². The van der Waals surface area contributed by atoms with E-state index in [-0.39, 0.29) is 6.04 Å². The van der Waals surface area contributed by atoms with Crippen molar-refractivity contribution >= 4 is 28.5 Å². The number of aromatic amines is 1. The Bertz CT molecular complexity index is 904. The molecule has 0 spiro atoms. The minimum Gasteiger partial charge on any atom is -0.346 e. The molecule has 0 aliphatic carbocycles. The van der Waals surface area contributed by atoms with Crippen LogP contribution in [0.2, 0.25) is 5.02 Å². The molecule has 1 unspecified atom stereocenters. The van der Waals surface area contributed by atoms with Gasteiger partial charge in [0.2, 0.25) is 0 Å². The van der Waals surface area contributed by atoms with Crippen LogP contribution in [0.15, 0.2) is 36.5 Å². The first-order chi connectivity index (χ1) is 11.9. The summed E-state index contributed by atoms with van der Waals surface area (Å²) >= 11 is 6.00. The van der Waals surface area contributed by atoms with Crippen molar-refractivity contribution in [2.24, 2.45) is 0 Å². The molecule has 0 amide bonds. The van der Waals surface area contributed by atoms with E-state index in [9.17, 15) is 13.2 Å². The zero-order valence-electron chi connectivity index (χ0n) is 13.0. The molecule has 0 bridgehead atoms. The molecular formula is C17H14ClF3N4. The van der Waals surface area contributed by atoms with E-state index in [2.05, 4.69) is 15.0 Å². The van der Waals surface area contributed by atoms with Gasteiger partial charge in [-0.15, -0.1) is 0 Å². The van der Waals surface area contributed by atoms with Crippen molar-refractivity contribution < 1.29 is 13.2 Å². The molecule has 4 rings (SSSR count). The molecule has 3 aromatic rings. The predicted octanol–water partition coefficient (Wildman–Crippen LogP) is 4.97. The van der Waals surface area contributed by atoms with Crippen molar-refractivity contribution in [1.29, 1.82) is 0 Å². The molecule has 0 radical (unpaired) electrons. The molecule has 2 aromatic heterocycles. The molecular weight excluding hydrogens is 353 g/mol. The molecule has 1 atom stereocenters. The maximum Gasteiger partial charge on any atom is 0.417 e. The van der Waals surface area contributed by atoms with Gasteiger partial charge in [0.15, 0.2) is 0 Å². The minimum atomic E-state index is -4.38. The number of halogens is 4. The minimum absolute atomic E-state index is 0.0459. The summed E-state index contributed by atoms with van der Waals surface area (Å²) in [6.07, 6.45) is -1.72. The van der Waals surface area contributed by atoms with Gasteiger partial charge in [-0.25, -0.2) is 9.97 Å². The Morgan fingerprint density at radius 3 is 2.76 bits per heavy atom. The van der Waals surface area contributed by atoms with E-state index in [1.54, 1.807) is 6.07 Å².